The van der Waals surface area contributed by atoms with E-state index >= 15 is 0 Å². The van der Waals surface area contributed by atoms with Crippen molar-refractivity contribution in [3.05, 3.63) is 35.6 Å². The minimum Gasteiger partial charge on any atom is -0.380 e. The molecule has 1 aromatic carbocycles. The molecule has 4 heteroatoms. The van der Waals surface area contributed by atoms with Gasteiger partial charge in [0, 0.05) is 31.8 Å². The molecule has 4 unspecified atom stereocenters. The van der Waals surface area contributed by atoms with Crippen molar-refractivity contribution in [3.63, 3.8) is 0 Å². The largest absolute Gasteiger partial charge is 0.380 e. The Morgan fingerprint density at radius 1 is 1.43 bits per heavy atom. The first-order valence-electron chi connectivity index (χ1n) is 7.78. The van der Waals surface area contributed by atoms with Crippen molar-refractivity contribution in [3.8, 4) is 0 Å². The monoisotopic (exact) mass is 294 g/mol. The van der Waals surface area contributed by atoms with Crippen LogP contribution in [0.15, 0.2) is 24.3 Å². The lowest BCUT2D eigenvalue weighted by Crippen LogP contribution is -2.46. The Morgan fingerprint density at radius 3 is 2.81 bits per heavy atom. The standard InChI is InChI=1S/C17H27FN2O/c1-12-8-9-20(11-16(12)21-3)10-13(2)17(19)14-6-4-5-7-15(14)18/h4-7,12-13,16-17H,8-11,19H2,1-3H3. The molecule has 1 aromatic rings. The first-order chi connectivity index (χ1) is 10.0. The molecule has 1 saturated heterocycles. The minimum atomic E-state index is -0.272. The fourth-order valence-corrected chi connectivity index (χ4v) is 3.14. The van der Waals surface area contributed by atoms with Gasteiger partial charge in [0.15, 0.2) is 0 Å². The molecule has 0 bridgehead atoms. The van der Waals surface area contributed by atoms with Gasteiger partial charge >= 0.3 is 0 Å². The molecule has 0 spiro atoms. The first kappa shape index (κ1) is 16.4. The third-order valence-electron chi connectivity index (χ3n) is 4.70. The van der Waals surface area contributed by atoms with Crippen LogP contribution in [0, 0.1) is 17.7 Å². The Kier molecular flexibility index (Phi) is 5.73. The van der Waals surface area contributed by atoms with Gasteiger partial charge in [0.25, 0.3) is 0 Å². The van der Waals surface area contributed by atoms with E-state index in [0.717, 1.165) is 26.1 Å². The van der Waals surface area contributed by atoms with Crippen molar-refractivity contribution in [1.82, 2.24) is 4.90 Å². The lowest BCUT2D eigenvalue weighted by atomic mass is 9.91. The predicted octanol–water partition coefficient (Wildman–Crippen LogP) is 2.82. The third-order valence-corrected chi connectivity index (χ3v) is 4.70. The Morgan fingerprint density at radius 2 is 2.14 bits per heavy atom. The summed E-state index contributed by atoms with van der Waals surface area (Å²) in [6.45, 7) is 7.21. The number of benzene rings is 1. The maximum Gasteiger partial charge on any atom is 0.127 e. The van der Waals surface area contributed by atoms with Gasteiger partial charge in [-0.25, -0.2) is 4.39 Å². The lowest BCUT2D eigenvalue weighted by molar-refractivity contribution is -0.00958. The van der Waals surface area contributed by atoms with E-state index in [1.807, 2.05) is 6.07 Å². The molecule has 0 saturated carbocycles. The Hall–Kier alpha value is -0.970. The van der Waals surface area contributed by atoms with Crippen LogP contribution in [0.4, 0.5) is 4.39 Å². The molecule has 2 N–H and O–H groups in total. The first-order valence-corrected chi connectivity index (χ1v) is 7.78. The van der Waals surface area contributed by atoms with E-state index in [-0.39, 0.29) is 23.9 Å². The van der Waals surface area contributed by atoms with E-state index in [4.69, 9.17) is 10.5 Å². The normalized spacial score (nSPS) is 26.5. The Balaban J connectivity index is 1.95. The van der Waals surface area contributed by atoms with E-state index in [0.29, 0.717) is 11.5 Å². The lowest BCUT2D eigenvalue weighted by Gasteiger charge is -2.38. The highest BCUT2D eigenvalue weighted by molar-refractivity contribution is 5.21. The summed E-state index contributed by atoms with van der Waals surface area (Å²) in [5.74, 6) is 0.591. The van der Waals surface area contributed by atoms with Gasteiger partial charge in [0.1, 0.15) is 5.82 Å². The van der Waals surface area contributed by atoms with Gasteiger partial charge in [-0.1, -0.05) is 32.0 Å². The molecule has 0 aliphatic carbocycles. The van der Waals surface area contributed by atoms with Gasteiger partial charge in [-0.3, -0.25) is 0 Å². The zero-order valence-electron chi connectivity index (χ0n) is 13.3. The van der Waals surface area contributed by atoms with Crippen molar-refractivity contribution in [1.29, 1.82) is 0 Å². The van der Waals surface area contributed by atoms with Crippen LogP contribution in [-0.2, 0) is 4.74 Å². The second-order valence-corrected chi connectivity index (χ2v) is 6.32. The third kappa shape index (κ3) is 4.02. The quantitative estimate of drug-likeness (QED) is 0.907. The molecular weight excluding hydrogens is 267 g/mol. The molecule has 1 fully saturated rings. The summed E-state index contributed by atoms with van der Waals surface area (Å²) in [4.78, 5) is 2.39. The van der Waals surface area contributed by atoms with E-state index < -0.39 is 0 Å². The average Bonchev–Trinajstić information content (AvgIpc) is 2.49. The van der Waals surface area contributed by atoms with Crippen LogP contribution in [0.25, 0.3) is 0 Å². The van der Waals surface area contributed by atoms with Gasteiger partial charge in [0.2, 0.25) is 0 Å². The molecule has 1 aliphatic heterocycles. The van der Waals surface area contributed by atoms with E-state index in [1.165, 1.54) is 6.07 Å². The molecular formula is C17H27FN2O. The highest BCUT2D eigenvalue weighted by Gasteiger charge is 2.28. The van der Waals surface area contributed by atoms with Gasteiger partial charge in [0.05, 0.1) is 6.10 Å². The van der Waals surface area contributed by atoms with Gasteiger partial charge in [-0.15, -0.1) is 0 Å². The summed E-state index contributed by atoms with van der Waals surface area (Å²) in [7, 11) is 1.78. The maximum atomic E-state index is 13.8. The number of piperidine rings is 1. The molecule has 3 nitrogen and oxygen atoms in total. The number of ether oxygens (including phenoxy) is 1. The number of hydrogen-bond acceptors (Lipinski definition) is 3. The van der Waals surface area contributed by atoms with Crippen LogP contribution in [0.3, 0.4) is 0 Å². The molecule has 0 aromatic heterocycles. The molecule has 4 atom stereocenters. The van der Waals surface area contributed by atoms with Crippen molar-refractivity contribution < 1.29 is 9.13 Å². The van der Waals surface area contributed by atoms with Crippen LogP contribution in [-0.4, -0.2) is 37.7 Å². The number of halogens is 1. The van der Waals surface area contributed by atoms with Crippen LogP contribution >= 0.6 is 0 Å². The Bertz CT molecular complexity index is 454. The number of nitrogens with zero attached hydrogens (tertiary/aromatic N) is 1. The van der Waals surface area contributed by atoms with Crippen molar-refractivity contribution in [2.24, 2.45) is 17.6 Å². The number of methoxy groups -OCH3 is 1. The summed E-state index contributed by atoms with van der Waals surface area (Å²) in [6.07, 6.45) is 1.43. The molecule has 0 amide bonds. The van der Waals surface area contributed by atoms with Crippen molar-refractivity contribution in [2.75, 3.05) is 26.7 Å². The summed E-state index contributed by atoms with van der Waals surface area (Å²) in [5.41, 5.74) is 6.86. The summed E-state index contributed by atoms with van der Waals surface area (Å²) in [6, 6.07) is 6.53. The zero-order valence-corrected chi connectivity index (χ0v) is 13.3. The number of likely N-dealkylation sites (tertiary alicyclic amines) is 1. The molecule has 21 heavy (non-hydrogen) atoms. The van der Waals surface area contributed by atoms with Gasteiger partial charge < -0.3 is 15.4 Å². The molecule has 1 heterocycles. The zero-order chi connectivity index (χ0) is 15.4. The van der Waals surface area contributed by atoms with E-state index in [1.54, 1.807) is 19.2 Å². The highest BCUT2D eigenvalue weighted by Crippen LogP contribution is 2.25. The van der Waals surface area contributed by atoms with Gasteiger partial charge in [-0.05, 0) is 30.9 Å². The van der Waals surface area contributed by atoms with Crippen LogP contribution < -0.4 is 5.73 Å². The average molecular weight is 294 g/mol. The molecule has 1 aliphatic rings. The molecule has 2 rings (SSSR count). The fourth-order valence-electron chi connectivity index (χ4n) is 3.14. The molecule has 118 valence electrons. The van der Waals surface area contributed by atoms with Crippen molar-refractivity contribution >= 4 is 0 Å². The topological polar surface area (TPSA) is 38.5 Å². The highest BCUT2D eigenvalue weighted by atomic mass is 19.1. The smallest absolute Gasteiger partial charge is 0.127 e. The van der Waals surface area contributed by atoms with E-state index in [9.17, 15) is 4.39 Å². The van der Waals surface area contributed by atoms with Crippen LogP contribution in [0.1, 0.15) is 31.9 Å². The van der Waals surface area contributed by atoms with Crippen molar-refractivity contribution in [2.45, 2.75) is 32.4 Å². The second-order valence-electron chi connectivity index (χ2n) is 6.32. The van der Waals surface area contributed by atoms with Crippen LogP contribution in [0.2, 0.25) is 0 Å². The Labute approximate surface area is 127 Å². The number of rotatable bonds is 5. The van der Waals surface area contributed by atoms with Gasteiger partial charge in [-0.2, -0.15) is 0 Å². The molecule has 0 radical (unpaired) electrons. The number of nitrogens with two attached hydrogens (primary N) is 1. The summed E-state index contributed by atoms with van der Waals surface area (Å²) in [5, 5.41) is 0. The fraction of sp³-hybridized carbons (Fsp3) is 0.647. The van der Waals surface area contributed by atoms with Crippen LogP contribution in [0.5, 0.6) is 0 Å². The maximum absolute atomic E-state index is 13.8. The summed E-state index contributed by atoms with van der Waals surface area (Å²) >= 11 is 0. The number of hydrogen-bond donors (Lipinski definition) is 1. The van der Waals surface area contributed by atoms with E-state index in [2.05, 4.69) is 18.7 Å². The SMILES string of the molecule is COC1CN(CC(C)C(N)c2ccccc2F)CCC1C. The summed E-state index contributed by atoms with van der Waals surface area (Å²) < 4.78 is 19.4. The predicted molar refractivity (Wildman–Crippen MR) is 83.5 cm³/mol. The second kappa shape index (κ2) is 7.34. The minimum absolute atomic E-state index is 0.202.